The highest BCUT2D eigenvalue weighted by molar-refractivity contribution is 7.90. The Morgan fingerprint density at radius 3 is 2.71 bits per heavy atom. The average molecular weight is 354 g/mol. The van der Waals surface area contributed by atoms with Gasteiger partial charge in [0.25, 0.3) is 0 Å². The van der Waals surface area contributed by atoms with Crippen molar-refractivity contribution in [1.82, 2.24) is 10.2 Å². The van der Waals surface area contributed by atoms with Gasteiger partial charge < -0.3 is 10.2 Å². The fourth-order valence-corrected chi connectivity index (χ4v) is 3.22. The maximum atomic E-state index is 13.1. The molecule has 0 aliphatic carbocycles. The van der Waals surface area contributed by atoms with Gasteiger partial charge in [-0.3, -0.25) is 4.79 Å². The summed E-state index contributed by atoms with van der Waals surface area (Å²) in [5, 5.41) is 2.93. The second-order valence-electron chi connectivity index (χ2n) is 6.14. The number of rotatable bonds is 6. The topological polar surface area (TPSA) is 66.5 Å². The molecule has 0 saturated carbocycles. The Hall–Kier alpha value is -1.73. The molecule has 1 aromatic rings. The quantitative estimate of drug-likeness (QED) is 0.786. The summed E-state index contributed by atoms with van der Waals surface area (Å²) >= 11 is 0. The van der Waals surface area contributed by atoms with Gasteiger partial charge in [-0.2, -0.15) is 0 Å². The summed E-state index contributed by atoms with van der Waals surface area (Å²) in [7, 11) is -2.94. The molecule has 1 aliphatic rings. The van der Waals surface area contributed by atoms with E-state index in [4.69, 9.17) is 0 Å². The van der Waals surface area contributed by atoms with Crippen LogP contribution in [0.4, 0.5) is 4.39 Å². The third-order valence-electron chi connectivity index (χ3n) is 3.99. The summed E-state index contributed by atoms with van der Waals surface area (Å²) in [6.07, 6.45) is 5.82. The van der Waals surface area contributed by atoms with Gasteiger partial charge in [0.15, 0.2) is 0 Å². The second-order valence-corrected chi connectivity index (χ2v) is 8.40. The molecular formula is C17H23FN2O3S. The first-order valence-corrected chi connectivity index (χ1v) is 10.0. The maximum absolute atomic E-state index is 13.1. The standard InChI is InChI=1S/C17H23FN2O3S/c1-24(22,23)12-11-20-9-7-16(8-10-20)19-17(21)6-5-14-3-2-4-15(18)13-14/h2-6,13,16H,7-12H2,1H3,(H,19,21)/b6-5+. The van der Waals surface area contributed by atoms with Crippen molar-refractivity contribution in [2.24, 2.45) is 0 Å². The minimum absolute atomic E-state index is 0.0872. The van der Waals surface area contributed by atoms with Crippen molar-refractivity contribution in [3.8, 4) is 0 Å². The van der Waals surface area contributed by atoms with Crippen molar-refractivity contribution < 1.29 is 17.6 Å². The zero-order chi connectivity index (χ0) is 17.6. The van der Waals surface area contributed by atoms with Gasteiger partial charge in [0.05, 0.1) is 5.75 Å². The molecule has 0 bridgehead atoms. The number of carbonyl (C=O) groups is 1. The third-order valence-corrected chi connectivity index (χ3v) is 4.91. The smallest absolute Gasteiger partial charge is 0.244 e. The molecule has 1 amide bonds. The molecule has 0 aromatic heterocycles. The van der Waals surface area contributed by atoms with Crippen LogP contribution in [0.15, 0.2) is 30.3 Å². The number of nitrogens with zero attached hydrogens (tertiary/aromatic N) is 1. The molecule has 5 nitrogen and oxygen atoms in total. The van der Waals surface area contributed by atoms with Gasteiger partial charge in [-0.25, -0.2) is 12.8 Å². The molecule has 1 heterocycles. The van der Waals surface area contributed by atoms with E-state index in [1.165, 1.54) is 24.5 Å². The van der Waals surface area contributed by atoms with Crippen molar-refractivity contribution in [2.45, 2.75) is 18.9 Å². The number of sulfone groups is 1. The summed E-state index contributed by atoms with van der Waals surface area (Å²) in [6.45, 7) is 2.08. The molecule has 1 saturated heterocycles. The lowest BCUT2D eigenvalue weighted by Gasteiger charge is -2.31. The van der Waals surface area contributed by atoms with E-state index in [1.54, 1.807) is 18.2 Å². The van der Waals surface area contributed by atoms with Gasteiger partial charge in [-0.05, 0) is 36.6 Å². The number of hydrogen-bond acceptors (Lipinski definition) is 4. The van der Waals surface area contributed by atoms with Gasteiger partial charge in [0.2, 0.25) is 5.91 Å². The van der Waals surface area contributed by atoms with Crippen LogP contribution in [0, 0.1) is 5.82 Å². The predicted molar refractivity (Wildman–Crippen MR) is 92.7 cm³/mol. The first-order chi connectivity index (χ1) is 11.3. The number of hydrogen-bond donors (Lipinski definition) is 1. The number of nitrogens with one attached hydrogen (secondary N) is 1. The van der Waals surface area contributed by atoms with E-state index in [0.717, 1.165) is 25.9 Å². The van der Waals surface area contributed by atoms with Crippen LogP contribution in [0.25, 0.3) is 6.08 Å². The van der Waals surface area contributed by atoms with Crippen molar-refractivity contribution in [2.75, 3.05) is 31.6 Å². The van der Waals surface area contributed by atoms with Crippen LogP contribution in [0.3, 0.4) is 0 Å². The van der Waals surface area contributed by atoms with Crippen LogP contribution in [0.2, 0.25) is 0 Å². The van der Waals surface area contributed by atoms with Crippen LogP contribution in [0.1, 0.15) is 18.4 Å². The molecule has 0 atom stereocenters. The molecule has 1 aliphatic heterocycles. The van der Waals surface area contributed by atoms with Crippen molar-refractivity contribution in [3.05, 3.63) is 41.7 Å². The van der Waals surface area contributed by atoms with Gasteiger partial charge in [-0.1, -0.05) is 12.1 Å². The molecule has 132 valence electrons. The van der Waals surface area contributed by atoms with Gasteiger partial charge in [-0.15, -0.1) is 0 Å². The average Bonchev–Trinajstić information content (AvgIpc) is 2.52. The molecule has 1 fully saturated rings. The van der Waals surface area contributed by atoms with E-state index < -0.39 is 9.84 Å². The molecule has 24 heavy (non-hydrogen) atoms. The summed E-state index contributed by atoms with van der Waals surface area (Å²) in [4.78, 5) is 14.0. The van der Waals surface area contributed by atoms with Crippen LogP contribution in [-0.2, 0) is 14.6 Å². The molecule has 1 N–H and O–H groups in total. The van der Waals surface area contributed by atoms with Crippen LogP contribution < -0.4 is 5.32 Å². The second kappa shape index (κ2) is 8.39. The molecule has 1 aromatic carbocycles. The van der Waals surface area contributed by atoms with E-state index in [2.05, 4.69) is 10.2 Å². The van der Waals surface area contributed by atoms with E-state index in [-0.39, 0.29) is 23.5 Å². The molecule has 7 heteroatoms. The molecule has 0 radical (unpaired) electrons. The summed E-state index contributed by atoms with van der Waals surface area (Å²) in [6, 6.07) is 6.13. The largest absolute Gasteiger partial charge is 0.350 e. The van der Waals surface area contributed by atoms with Gasteiger partial charge >= 0.3 is 0 Å². The highest BCUT2D eigenvalue weighted by Gasteiger charge is 2.20. The zero-order valence-electron chi connectivity index (χ0n) is 13.7. The lowest BCUT2D eigenvalue weighted by atomic mass is 10.1. The minimum atomic E-state index is -2.94. The first-order valence-electron chi connectivity index (χ1n) is 7.96. The Morgan fingerprint density at radius 2 is 2.08 bits per heavy atom. The Morgan fingerprint density at radius 1 is 1.38 bits per heavy atom. The van der Waals surface area contributed by atoms with Crippen molar-refractivity contribution in [1.29, 1.82) is 0 Å². The van der Waals surface area contributed by atoms with Crippen LogP contribution >= 0.6 is 0 Å². The maximum Gasteiger partial charge on any atom is 0.244 e. The number of carbonyl (C=O) groups excluding carboxylic acids is 1. The highest BCUT2D eigenvalue weighted by Crippen LogP contribution is 2.11. The monoisotopic (exact) mass is 354 g/mol. The highest BCUT2D eigenvalue weighted by atomic mass is 32.2. The number of benzene rings is 1. The summed E-state index contributed by atoms with van der Waals surface area (Å²) < 4.78 is 35.4. The summed E-state index contributed by atoms with van der Waals surface area (Å²) in [5.74, 6) is -0.367. The van der Waals surface area contributed by atoms with E-state index in [0.29, 0.717) is 12.1 Å². The van der Waals surface area contributed by atoms with Gasteiger partial charge in [0, 0.05) is 38.0 Å². The van der Waals surface area contributed by atoms with E-state index in [9.17, 15) is 17.6 Å². The Kier molecular flexibility index (Phi) is 6.51. The van der Waals surface area contributed by atoms with E-state index >= 15 is 0 Å². The lowest BCUT2D eigenvalue weighted by molar-refractivity contribution is -0.117. The first kappa shape index (κ1) is 18.6. The fraction of sp³-hybridized carbons (Fsp3) is 0.471. The lowest BCUT2D eigenvalue weighted by Crippen LogP contribution is -2.45. The van der Waals surface area contributed by atoms with Crippen molar-refractivity contribution >= 4 is 21.8 Å². The predicted octanol–water partition coefficient (Wildman–Crippen LogP) is 1.46. The zero-order valence-corrected chi connectivity index (χ0v) is 14.6. The molecule has 0 unspecified atom stereocenters. The summed E-state index contributed by atoms with van der Waals surface area (Å²) in [5.41, 5.74) is 0.640. The number of halogens is 1. The minimum Gasteiger partial charge on any atom is -0.350 e. The van der Waals surface area contributed by atoms with E-state index in [1.807, 2.05) is 0 Å². The molecular weight excluding hydrogens is 331 g/mol. The molecule has 2 rings (SSSR count). The third kappa shape index (κ3) is 6.80. The van der Waals surface area contributed by atoms with Crippen LogP contribution in [-0.4, -0.2) is 56.9 Å². The molecule has 0 spiro atoms. The fourth-order valence-electron chi connectivity index (χ4n) is 2.63. The number of likely N-dealkylation sites (tertiary alicyclic amines) is 1. The van der Waals surface area contributed by atoms with Gasteiger partial charge in [0.1, 0.15) is 15.7 Å². The SMILES string of the molecule is CS(=O)(=O)CCN1CCC(NC(=O)/C=C/c2cccc(F)c2)CC1. The Balaban J connectivity index is 1.74. The normalized spacial score (nSPS) is 17.2. The van der Waals surface area contributed by atoms with Crippen LogP contribution in [0.5, 0.6) is 0 Å². The Labute approximate surface area is 142 Å². The number of amides is 1. The number of piperidine rings is 1. The Bertz CT molecular complexity index is 696. The van der Waals surface area contributed by atoms with Crippen molar-refractivity contribution in [3.63, 3.8) is 0 Å².